The number of ether oxygens (including phenoxy) is 2. The Kier molecular flexibility index (Phi) is 10.4. The van der Waals surface area contributed by atoms with Crippen LogP contribution in [0.1, 0.15) is 73.1 Å². The van der Waals surface area contributed by atoms with Gasteiger partial charge in [0.15, 0.2) is 0 Å². The number of likely N-dealkylation sites (tertiary alicyclic amines) is 2. The van der Waals surface area contributed by atoms with Crippen molar-refractivity contribution >= 4 is 29.6 Å². The number of aryl methyl sites for hydroxylation is 1. The van der Waals surface area contributed by atoms with Gasteiger partial charge in [-0.05, 0) is 92.4 Å². The summed E-state index contributed by atoms with van der Waals surface area (Å²) in [7, 11) is 5.12. The molecule has 0 bridgehead atoms. The molecule has 3 aromatic rings. The number of aliphatic imine (C=N–C) groups is 1. The Morgan fingerprint density at radius 1 is 0.942 bits per heavy atom. The van der Waals surface area contributed by atoms with Gasteiger partial charge in [0.05, 0.1) is 26.3 Å². The van der Waals surface area contributed by atoms with Crippen LogP contribution in [0.5, 0.6) is 11.5 Å². The molecule has 1 aromatic heterocycles. The number of anilines is 1. The van der Waals surface area contributed by atoms with Crippen molar-refractivity contribution in [3.8, 4) is 22.6 Å². The van der Waals surface area contributed by atoms with Crippen molar-refractivity contribution in [3.63, 3.8) is 0 Å². The molecular weight excluding hydrogens is 660 g/mol. The third kappa shape index (κ3) is 7.48. The fraction of sp³-hybridized carbons (Fsp3) is 0.475. The first kappa shape index (κ1) is 35.4. The highest BCUT2D eigenvalue weighted by atomic mass is 16.5. The summed E-state index contributed by atoms with van der Waals surface area (Å²) >= 11 is 0. The highest BCUT2D eigenvalue weighted by Crippen LogP contribution is 2.38. The summed E-state index contributed by atoms with van der Waals surface area (Å²) in [5.41, 5.74) is 6.48. The molecule has 7 rings (SSSR count). The number of hydrogen-bond donors (Lipinski definition) is 2. The quantitative estimate of drug-likeness (QED) is 0.299. The lowest BCUT2D eigenvalue weighted by Crippen LogP contribution is -2.47. The molecule has 1 atom stereocenters. The fourth-order valence-corrected chi connectivity index (χ4v) is 8.16. The maximum atomic E-state index is 13.4. The van der Waals surface area contributed by atoms with Crippen LogP contribution in [-0.2, 0) is 34.5 Å². The Balaban J connectivity index is 0.896. The lowest BCUT2D eigenvalue weighted by atomic mass is 9.88. The minimum absolute atomic E-state index is 0.0243. The summed E-state index contributed by atoms with van der Waals surface area (Å²) in [5, 5.41) is 5.63. The predicted octanol–water partition coefficient (Wildman–Crippen LogP) is 4.23. The van der Waals surface area contributed by atoms with Crippen molar-refractivity contribution < 1.29 is 23.9 Å². The molecule has 12 heteroatoms. The van der Waals surface area contributed by atoms with E-state index >= 15 is 0 Å². The molecule has 12 nitrogen and oxygen atoms in total. The highest BCUT2D eigenvalue weighted by Gasteiger charge is 2.30. The Bertz CT molecular complexity index is 1900. The Labute approximate surface area is 304 Å². The summed E-state index contributed by atoms with van der Waals surface area (Å²) in [6, 6.07) is 11.9. The van der Waals surface area contributed by atoms with Crippen LogP contribution < -0.4 is 25.7 Å². The van der Waals surface area contributed by atoms with E-state index in [0.29, 0.717) is 49.8 Å². The van der Waals surface area contributed by atoms with Crippen molar-refractivity contribution in [1.29, 1.82) is 0 Å². The van der Waals surface area contributed by atoms with Gasteiger partial charge in [0, 0.05) is 74.3 Å². The topological polar surface area (TPSA) is 135 Å². The molecular formula is C40H48N6O6. The van der Waals surface area contributed by atoms with Gasteiger partial charge < -0.3 is 24.3 Å². The zero-order valence-electron chi connectivity index (χ0n) is 30.3. The van der Waals surface area contributed by atoms with Crippen LogP contribution >= 0.6 is 0 Å². The number of pyridine rings is 1. The molecule has 2 aromatic carbocycles. The minimum Gasteiger partial charge on any atom is -0.496 e. The highest BCUT2D eigenvalue weighted by molar-refractivity contribution is 6.01. The van der Waals surface area contributed by atoms with Gasteiger partial charge in [-0.3, -0.25) is 34.4 Å². The molecule has 0 saturated carbocycles. The summed E-state index contributed by atoms with van der Waals surface area (Å²) < 4.78 is 13.4. The smallest absolute Gasteiger partial charge is 0.256 e. The average Bonchev–Trinajstić information content (AvgIpc) is 3.66. The van der Waals surface area contributed by atoms with E-state index in [4.69, 9.17) is 9.47 Å². The molecule has 3 fully saturated rings. The fourth-order valence-electron chi connectivity index (χ4n) is 8.16. The van der Waals surface area contributed by atoms with E-state index in [2.05, 4.69) is 32.7 Å². The predicted molar refractivity (Wildman–Crippen MR) is 199 cm³/mol. The largest absolute Gasteiger partial charge is 0.496 e. The molecule has 3 amide bonds. The Hall–Kier alpha value is -4.97. The van der Waals surface area contributed by atoms with Crippen LogP contribution in [0.3, 0.4) is 0 Å². The van der Waals surface area contributed by atoms with E-state index in [0.717, 1.165) is 91.3 Å². The first-order valence-electron chi connectivity index (χ1n) is 18.4. The molecule has 0 spiro atoms. The second kappa shape index (κ2) is 15.3. The molecule has 4 aliphatic rings. The number of fused-ring (bicyclic) bond motifs is 1. The SMILES string of the molecule is COc1cc(-c2cn(C)c(=O)c3c2C=NC3)cc(OC)c1CN1CCC(CC(=O)N2CCC(c3ccc(NC4CCC(=O)NC4=O)cc3)CC2)CC1. The lowest BCUT2D eigenvalue weighted by Gasteiger charge is -2.35. The van der Waals surface area contributed by atoms with Gasteiger partial charge in [-0.15, -0.1) is 0 Å². The number of rotatable bonds is 10. The normalized spacial score (nSPS) is 19.8. The van der Waals surface area contributed by atoms with Gasteiger partial charge in [-0.25, -0.2) is 0 Å². The van der Waals surface area contributed by atoms with Crippen LogP contribution in [0.15, 0.2) is 52.4 Å². The van der Waals surface area contributed by atoms with Gasteiger partial charge in [-0.1, -0.05) is 12.1 Å². The van der Waals surface area contributed by atoms with E-state index in [1.54, 1.807) is 32.0 Å². The first-order valence-corrected chi connectivity index (χ1v) is 18.4. The second-order valence-corrected chi connectivity index (χ2v) is 14.5. The molecule has 1 unspecified atom stereocenters. The van der Waals surface area contributed by atoms with Crippen molar-refractivity contribution in [2.45, 2.75) is 70.0 Å². The molecule has 2 N–H and O–H groups in total. The van der Waals surface area contributed by atoms with Crippen molar-refractivity contribution in [1.82, 2.24) is 19.7 Å². The zero-order chi connectivity index (χ0) is 36.4. The third-order valence-corrected chi connectivity index (χ3v) is 11.3. The maximum Gasteiger partial charge on any atom is 0.256 e. The summed E-state index contributed by atoms with van der Waals surface area (Å²) in [4.78, 5) is 58.4. The van der Waals surface area contributed by atoms with E-state index in [9.17, 15) is 19.2 Å². The first-order chi connectivity index (χ1) is 25.2. The van der Waals surface area contributed by atoms with Crippen molar-refractivity contribution in [2.75, 3.05) is 45.7 Å². The van der Waals surface area contributed by atoms with Gasteiger partial charge in [-0.2, -0.15) is 0 Å². The van der Waals surface area contributed by atoms with Crippen molar-refractivity contribution in [3.05, 3.63) is 75.2 Å². The standard InChI is InChI=1S/C40H48N6O6/c1-44-23-32(30-21-41-22-31(30)40(44)50)28-19-35(51-2)33(36(20-28)52-3)24-45-14-10-25(11-15-45)18-38(48)46-16-12-27(13-17-46)26-4-6-29(7-5-26)42-34-8-9-37(47)43-39(34)49/h4-7,19-21,23,25,27,34,42H,8-18,22,24H2,1-3H3,(H,43,47,49). The van der Waals surface area contributed by atoms with Crippen LogP contribution in [0.2, 0.25) is 0 Å². The molecule has 0 aliphatic carbocycles. The summed E-state index contributed by atoms with van der Waals surface area (Å²) in [5.74, 6) is 2.02. The molecule has 5 heterocycles. The van der Waals surface area contributed by atoms with Crippen LogP contribution in [0, 0.1) is 5.92 Å². The van der Waals surface area contributed by atoms with Gasteiger partial charge in [0.2, 0.25) is 17.7 Å². The Morgan fingerprint density at radius 2 is 1.63 bits per heavy atom. The van der Waals surface area contributed by atoms with Gasteiger partial charge in [0.25, 0.3) is 5.56 Å². The van der Waals surface area contributed by atoms with Crippen LogP contribution in [0.25, 0.3) is 11.1 Å². The number of carbonyl (C=O) groups excluding carboxylic acids is 3. The lowest BCUT2D eigenvalue weighted by molar-refractivity contribution is -0.134. The third-order valence-electron chi connectivity index (χ3n) is 11.3. The van der Waals surface area contributed by atoms with Crippen LogP contribution in [-0.4, -0.2) is 84.7 Å². The number of amides is 3. The minimum atomic E-state index is -0.396. The molecule has 52 heavy (non-hydrogen) atoms. The number of methoxy groups -OCH3 is 2. The molecule has 0 radical (unpaired) electrons. The number of imide groups is 1. The molecule has 4 aliphatic heterocycles. The van der Waals surface area contributed by atoms with Crippen molar-refractivity contribution in [2.24, 2.45) is 18.0 Å². The van der Waals surface area contributed by atoms with E-state index < -0.39 is 6.04 Å². The van der Waals surface area contributed by atoms with E-state index in [-0.39, 0.29) is 23.3 Å². The van der Waals surface area contributed by atoms with Crippen LogP contribution in [0.4, 0.5) is 5.69 Å². The molecule has 3 saturated heterocycles. The number of piperidine rings is 3. The van der Waals surface area contributed by atoms with Gasteiger partial charge >= 0.3 is 0 Å². The second-order valence-electron chi connectivity index (χ2n) is 14.5. The van der Waals surface area contributed by atoms with E-state index in [1.807, 2.05) is 35.4 Å². The number of benzene rings is 2. The van der Waals surface area contributed by atoms with Gasteiger partial charge in [0.1, 0.15) is 17.5 Å². The number of nitrogens with zero attached hydrogens (tertiary/aromatic N) is 4. The van der Waals surface area contributed by atoms with E-state index in [1.165, 1.54) is 5.56 Å². The summed E-state index contributed by atoms with van der Waals surface area (Å²) in [6.45, 7) is 4.40. The molecule has 274 valence electrons. The maximum absolute atomic E-state index is 13.4. The Morgan fingerprint density at radius 3 is 2.29 bits per heavy atom. The average molecular weight is 709 g/mol. The number of hydrogen-bond acceptors (Lipinski definition) is 9. The monoisotopic (exact) mass is 708 g/mol. The number of carbonyl (C=O) groups is 3. The summed E-state index contributed by atoms with van der Waals surface area (Å²) in [6.07, 6.45) is 8.87. The number of nitrogens with one attached hydrogen (secondary N) is 2. The number of aromatic nitrogens is 1. The zero-order valence-corrected chi connectivity index (χ0v) is 30.3.